The molecule has 29 heavy (non-hydrogen) atoms. The number of amides is 1. The second-order valence-electron chi connectivity index (χ2n) is 6.69. The number of fused-ring (bicyclic) bond motifs is 1. The quantitative estimate of drug-likeness (QED) is 0.686. The molecule has 2 aromatic rings. The lowest BCUT2D eigenvalue weighted by Gasteiger charge is -2.34. The SMILES string of the molecule is COc1ccc(OCCNC(=O)C2CN(S(C)(=O)=O)c3ccc(C)cc3O2)cc1. The van der Waals surface area contributed by atoms with Crippen molar-refractivity contribution in [3.8, 4) is 17.2 Å². The summed E-state index contributed by atoms with van der Waals surface area (Å²) < 4.78 is 42.0. The Morgan fingerprint density at radius 1 is 1.21 bits per heavy atom. The van der Waals surface area contributed by atoms with Crippen LogP contribution in [0, 0.1) is 6.92 Å². The lowest BCUT2D eigenvalue weighted by molar-refractivity contribution is -0.127. The van der Waals surface area contributed by atoms with E-state index in [2.05, 4.69) is 5.32 Å². The first-order valence-electron chi connectivity index (χ1n) is 9.07. The van der Waals surface area contributed by atoms with Crippen molar-refractivity contribution in [1.29, 1.82) is 0 Å². The minimum atomic E-state index is -3.55. The fourth-order valence-electron chi connectivity index (χ4n) is 2.94. The molecule has 1 aliphatic heterocycles. The number of nitrogens with one attached hydrogen (secondary N) is 1. The van der Waals surface area contributed by atoms with Gasteiger partial charge in [-0.25, -0.2) is 8.42 Å². The van der Waals surface area contributed by atoms with E-state index in [9.17, 15) is 13.2 Å². The summed E-state index contributed by atoms with van der Waals surface area (Å²) in [5, 5.41) is 2.73. The van der Waals surface area contributed by atoms with E-state index in [1.54, 1.807) is 49.6 Å². The number of methoxy groups -OCH3 is 1. The van der Waals surface area contributed by atoms with Gasteiger partial charge in [0.1, 0.15) is 23.9 Å². The second-order valence-corrected chi connectivity index (χ2v) is 8.59. The number of nitrogens with zero attached hydrogens (tertiary/aromatic N) is 1. The Balaban J connectivity index is 1.59. The molecule has 1 amide bonds. The molecule has 0 fully saturated rings. The molecule has 1 aliphatic rings. The highest BCUT2D eigenvalue weighted by molar-refractivity contribution is 7.92. The van der Waals surface area contributed by atoms with E-state index in [1.807, 2.05) is 6.92 Å². The van der Waals surface area contributed by atoms with Gasteiger partial charge in [0.05, 0.1) is 32.1 Å². The zero-order chi connectivity index (χ0) is 21.0. The van der Waals surface area contributed by atoms with Crippen LogP contribution in [0.25, 0.3) is 0 Å². The van der Waals surface area contributed by atoms with Gasteiger partial charge in [-0.15, -0.1) is 0 Å². The fourth-order valence-corrected chi connectivity index (χ4v) is 3.85. The Kier molecular flexibility index (Phi) is 6.17. The van der Waals surface area contributed by atoms with Crippen LogP contribution in [0.5, 0.6) is 17.2 Å². The predicted octanol–water partition coefficient (Wildman–Crippen LogP) is 1.73. The van der Waals surface area contributed by atoms with Crippen molar-refractivity contribution < 1.29 is 27.4 Å². The fraction of sp³-hybridized carbons (Fsp3) is 0.350. The average Bonchev–Trinajstić information content (AvgIpc) is 2.69. The molecule has 3 rings (SSSR count). The van der Waals surface area contributed by atoms with Crippen molar-refractivity contribution in [3.63, 3.8) is 0 Å². The van der Waals surface area contributed by atoms with Gasteiger partial charge in [-0.05, 0) is 48.9 Å². The Labute approximate surface area is 170 Å². The Hall–Kier alpha value is -2.94. The highest BCUT2D eigenvalue weighted by atomic mass is 32.2. The van der Waals surface area contributed by atoms with E-state index in [4.69, 9.17) is 14.2 Å². The summed E-state index contributed by atoms with van der Waals surface area (Å²) in [6.45, 7) is 2.30. The standard InChI is InChI=1S/C20H24N2O6S/c1-14-4-9-17-18(12-14)28-19(13-22(17)29(3,24)25)20(23)21-10-11-27-16-7-5-15(26-2)6-8-16/h4-9,12,19H,10-11,13H2,1-3H3,(H,21,23). The van der Waals surface area contributed by atoms with E-state index >= 15 is 0 Å². The zero-order valence-electron chi connectivity index (χ0n) is 16.5. The molecule has 0 radical (unpaired) electrons. The summed E-state index contributed by atoms with van der Waals surface area (Å²) in [4.78, 5) is 12.5. The molecule has 0 spiro atoms. The first-order valence-corrected chi connectivity index (χ1v) is 10.9. The molecule has 1 N–H and O–H groups in total. The normalized spacial score (nSPS) is 15.8. The first-order chi connectivity index (χ1) is 13.8. The van der Waals surface area contributed by atoms with Crippen LogP contribution in [0.3, 0.4) is 0 Å². The van der Waals surface area contributed by atoms with Gasteiger partial charge in [-0.2, -0.15) is 0 Å². The molecule has 0 saturated carbocycles. The van der Waals surface area contributed by atoms with Gasteiger partial charge in [-0.3, -0.25) is 9.10 Å². The molecule has 2 aromatic carbocycles. The number of rotatable bonds is 7. The summed E-state index contributed by atoms with van der Waals surface area (Å²) in [5.74, 6) is 1.35. The molecule has 9 heteroatoms. The van der Waals surface area contributed by atoms with Crippen molar-refractivity contribution in [3.05, 3.63) is 48.0 Å². The van der Waals surface area contributed by atoms with Crippen molar-refractivity contribution in [2.45, 2.75) is 13.0 Å². The van der Waals surface area contributed by atoms with Gasteiger partial charge in [0.2, 0.25) is 10.0 Å². The number of sulfonamides is 1. The maximum atomic E-state index is 12.5. The van der Waals surface area contributed by atoms with Gasteiger partial charge in [0.15, 0.2) is 6.10 Å². The third-order valence-corrected chi connectivity index (χ3v) is 5.55. The number of hydrogen-bond donors (Lipinski definition) is 1. The zero-order valence-corrected chi connectivity index (χ0v) is 17.4. The van der Waals surface area contributed by atoms with Crippen LogP contribution in [0.1, 0.15) is 5.56 Å². The van der Waals surface area contributed by atoms with E-state index in [0.717, 1.165) is 17.6 Å². The highest BCUT2D eigenvalue weighted by Gasteiger charge is 2.34. The second kappa shape index (κ2) is 8.60. The lowest BCUT2D eigenvalue weighted by atomic mass is 10.1. The maximum Gasteiger partial charge on any atom is 0.263 e. The summed E-state index contributed by atoms with van der Waals surface area (Å²) in [7, 11) is -1.96. The molecule has 0 aliphatic carbocycles. The third-order valence-electron chi connectivity index (χ3n) is 4.41. The molecule has 1 unspecified atom stereocenters. The van der Waals surface area contributed by atoms with Gasteiger partial charge >= 0.3 is 0 Å². The molecule has 8 nitrogen and oxygen atoms in total. The number of ether oxygens (including phenoxy) is 3. The summed E-state index contributed by atoms with van der Waals surface area (Å²) in [6.07, 6.45) is 0.166. The van der Waals surface area contributed by atoms with E-state index in [-0.39, 0.29) is 19.7 Å². The van der Waals surface area contributed by atoms with Gasteiger partial charge in [-0.1, -0.05) is 6.07 Å². The monoisotopic (exact) mass is 420 g/mol. The van der Waals surface area contributed by atoms with E-state index < -0.39 is 22.0 Å². The number of benzene rings is 2. The molecule has 0 bridgehead atoms. The van der Waals surface area contributed by atoms with Crippen LogP contribution in [-0.4, -0.2) is 53.5 Å². The Morgan fingerprint density at radius 3 is 2.55 bits per heavy atom. The number of aryl methyl sites for hydroxylation is 1. The lowest BCUT2D eigenvalue weighted by Crippen LogP contribution is -2.51. The number of hydrogen-bond acceptors (Lipinski definition) is 6. The predicted molar refractivity (Wildman–Crippen MR) is 109 cm³/mol. The number of carbonyl (C=O) groups excluding carboxylic acids is 1. The molecule has 0 aromatic heterocycles. The van der Waals surface area contributed by atoms with Crippen LogP contribution < -0.4 is 23.8 Å². The number of anilines is 1. The van der Waals surface area contributed by atoms with Crippen LogP contribution in [0.4, 0.5) is 5.69 Å². The minimum absolute atomic E-state index is 0.0833. The topological polar surface area (TPSA) is 94.2 Å². The number of carbonyl (C=O) groups is 1. The highest BCUT2D eigenvalue weighted by Crippen LogP contribution is 2.35. The van der Waals surface area contributed by atoms with Crippen LogP contribution in [-0.2, 0) is 14.8 Å². The minimum Gasteiger partial charge on any atom is -0.497 e. The van der Waals surface area contributed by atoms with Gasteiger partial charge in [0, 0.05) is 0 Å². The van der Waals surface area contributed by atoms with Crippen molar-refractivity contribution in [2.24, 2.45) is 0 Å². The molecule has 0 saturated heterocycles. The first kappa shape index (κ1) is 20.8. The molecular formula is C20H24N2O6S. The molecular weight excluding hydrogens is 396 g/mol. The Morgan fingerprint density at radius 2 is 1.90 bits per heavy atom. The van der Waals surface area contributed by atoms with Crippen LogP contribution >= 0.6 is 0 Å². The largest absolute Gasteiger partial charge is 0.497 e. The smallest absolute Gasteiger partial charge is 0.263 e. The van der Waals surface area contributed by atoms with Crippen molar-refractivity contribution >= 4 is 21.6 Å². The summed E-state index contributed by atoms with van der Waals surface area (Å²) >= 11 is 0. The molecule has 1 heterocycles. The Bertz CT molecular complexity index is 975. The molecule has 156 valence electrons. The van der Waals surface area contributed by atoms with Crippen LogP contribution in [0.15, 0.2) is 42.5 Å². The van der Waals surface area contributed by atoms with E-state index in [1.165, 1.54) is 4.31 Å². The van der Waals surface area contributed by atoms with Crippen molar-refractivity contribution in [2.75, 3.05) is 37.4 Å². The molecule has 1 atom stereocenters. The summed E-state index contributed by atoms with van der Waals surface area (Å²) in [5.41, 5.74) is 1.34. The third kappa shape index (κ3) is 5.11. The van der Waals surface area contributed by atoms with E-state index in [0.29, 0.717) is 17.2 Å². The van der Waals surface area contributed by atoms with Crippen molar-refractivity contribution in [1.82, 2.24) is 5.32 Å². The summed E-state index contributed by atoms with van der Waals surface area (Å²) in [6, 6.07) is 12.3. The maximum absolute atomic E-state index is 12.5. The average molecular weight is 420 g/mol. The van der Waals surface area contributed by atoms with Gasteiger partial charge in [0.25, 0.3) is 5.91 Å². The van der Waals surface area contributed by atoms with Gasteiger partial charge < -0.3 is 19.5 Å². The van der Waals surface area contributed by atoms with Crippen LogP contribution in [0.2, 0.25) is 0 Å².